The molecule has 2 aromatic carbocycles. The molecule has 5 nitrogen and oxygen atoms in total. The Morgan fingerprint density at radius 2 is 2.00 bits per heavy atom. The number of fused-ring (bicyclic) bond motifs is 1. The number of halogens is 1. The van der Waals surface area contributed by atoms with Crippen LogP contribution in [0.2, 0.25) is 0 Å². The summed E-state index contributed by atoms with van der Waals surface area (Å²) in [5, 5.41) is 5.77. The molecule has 23 heavy (non-hydrogen) atoms. The lowest BCUT2D eigenvalue weighted by molar-refractivity contribution is 0.174. The first-order valence-corrected chi connectivity index (χ1v) is 8.10. The van der Waals surface area contributed by atoms with Gasteiger partial charge in [-0.3, -0.25) is 0 Å². The van der Waals surface area contributed by atoms with Crippen molar-refractivity contribution < 1.29 is 14.3 Å². The van der Waals surface area contributed by atoms with Gasteiger partial charge in [0.25, 0.3) is 0 Å². The summed E-state index contributed by atoms with van der Waals surface area (Å²) < 4.78 is 11.6. The van der Waals surface area contributed by atoms with Crippen molar-refractivity contribution in [3.63, 3.8) is 0 Å². The smallest absolute Gasteiger partial charge is 0.315 e. The van der Waals surface area contributed by atoms with Gasteiger partial charge in [-0.2, -0.15) is 0 Å². The van der Waals surface area contributed by atoms with E-state index in [1.54, 1.807) is 0 Å². The van der Waals surface area contributed by atoms with Gasteiger partial charge in [0, 0.05) is 11.0 Å². The van der Waals surface area contributed by atoms with Gasteiger partial charge in [0.05, 0.1) is 6.04 Å². The molecule has 0 fully saturated rings. The monoisotopic (exact) mass is 376 g/mol. The highest BCUT2D eigenvalue weighted by molar-refractivity contribution is 9.10. The fourth-order valence-electron chi connectivity index (χ4n) is 2.38. The quantitative estimate of drug-likeness (QED) is 0.854. The molecule has 1 aliphatic rings. The molecule has 6 heteroatoms. The van der Waals surface area contributed by atoms with Crippen molar-refractivity contribution >= 4 is 22.0 Å². The molecular weight excluding hydrogens is 360 g/mol. The van der Waals surface area contributed by atoms with Crippen LogP contribution in [0, 0.1) is 0 Å². The predicted octanol–water partition coefficient (Wildman–Crippen LogP) is 3.74. The first-order valence-electron chi connectivity index (χ1n) is 7.31. The van der Waals surface area contributed by atoms with E-state index in [9.17, 15) is 4.79 Å². The molecule has 0 aromatic heterocycles. The molecular formula is C17H17BrN2O3. The number of nitrogens with one attached hydrogen (secondary N) is 2. The van der Waals surface area contributed by atoms with E-state index in [2.05, 4.69) is 26.6 Å². The molecule has 0 spiro atoms. The SMILES string of the molecule is CC(NC(=O)NCc1ccc2c(c1)OCO2)c1ccccc1Br. The lowest BCUT2D eigenvalue weighted by Gasteiger charge is -2.16. The molecule has 0 bridgehead atoms. The maximum atomic E-state index is 12.1. The van der Waals surface area contributed by atoms with Gasteiger partial charge in [0.1, 0.15) is 0 Å². The number of benzene rings is 2. The van der Waals surface area contributed by atoms with E-state index >= 15 is 0 Å². The van der Waals surface area contributed by atoms with Gasteiger partial charge in [-0.1, -0.05) is 40.2 Å². The second-order valence-electron chi connectivity index (χ2n) is 5.26. The fraction of sp³-hybridized carbons (Fsp3) is 0.235. The Morgan fingerprint density at radius 3 is 2.83 bits per heavy atom. The van der Waals surface area contributed by atoms with E-state index in [4.69, 9.17) is 9.47 Å². The van der Waals surface area contributed by atoms with Crippen molar-refractivity contribution in [1.82, 2.24) is 10.6 Å². The molecule has 2 aromatic rings. The summed E-state index contributed by atoms with van der Waals surface area (Å²) in [6.45, 7) is 2.61. The van der Waals surface area contributed by atoms with Crippen LogP contribution in [0.25, 0.3) is 0 Å². The molecule has 120 valence electrons. The van der Waals surface area contributed by atoms with Gasteiger partial charge in [0.2, 0.25) is 6.79 Å². The number of hydrogen-bond acceptors (Lipinski definition) is 3. The Labute approximate surface area is 143 Å². The number of carbonyl (C=O) groups is 1. The second-order valence-corrected chi connectivity index (χ2v) is 6.11. The number of ether oxygens (including phenoxy) is 2. The zero-order valence-corrected chi connectivity index (χ0v) is 14.2. The molecule has 1 atom stereocenters. The third-order valence-electron chi connectivity index (χ3n) is 3.61. The van der Waals surface area contributed by atoms with Crippen LogP contribution in [0.15, 0.2) is 46.9 Å². The van der Waals surface area contributed by atoms with Crippen molar-refractivity contribution in [2.24, 2.45) is 0 Å². The first-order chi connectivity index (χ1) is 11.1. The largest absolute Gasteiger partial charge is 0.454 e. The number of urea groups is 1. The van der Waals surface area contributed by atoms with E-state index < -0.39 is 0 Å². The summed E-state index contributed by atoms with van der Waals surface area (Å²) in [5.74, 6) is 1.45. The van der Waals surface area contributed by atoms with Crippen LogP contribution in [0.1, 0.15) is 24.1 Å². The van der Waals surface area contributed by atoms with E-state index in [1.807, 2.05) is 49.4 Å². The zero-order chi connectivity index (χ0) is 16.2. The molecule has 0 saturated carbocycles. The molecule has 2 N–H and O–H groups in total. The maximum absolute atomic E-state index is 12.1. The molecule has 0 aliphatic carbocycles. The van der Waals surface area contributed by atoms with Crippen molar-refractivity contribution in [3.8, 4) is 11.5 Å². The van der Waals surface area contributed by atoms with Crippen molar-refractivity contribution in [2.45, 2.75) is 19.5 Å². The van der Waals surface area contributed by atoms with Gasteiger partial charge < -0.3 is 20.1 Å². The van der Waals surface area contributed by atoms with E-state index in [0.717, 1.165) is 21.3 Å². The first kappa shape index (κ1) is 15.7. The van der Waals surface area contributed by atoms with Crippen LogP contribution in [0.3, 0.4) is 0 Å². The third kappa shape index (κ3) is 3.76. The highest BCUT2D eigenvalue weighted by Crippen LogP contribution is 2.32. The van der Waals surface area contributed by atoms with E-state index in [1.165, 1.54) is 0 Å². The van der Waals surface area contributed by atoms with Crippen molar-refractivity contribution in [2.75, 3.05) is 6.79 Å². The highest BCUT2D eigenvalue weighted by atomic mass is 79.9. The maximum Gasteiger partial charge on any atom is 0.315 e. The summed E-state index contributed by atoms with van der Waals surface area (Å²) in [4.78, 5) is 12.1. The molecule has 1 aliphatic heterocycles. The van der Waals surface area contributed by atoms with Crippen LogP contribution >= 0.6 is 15.9 Å². The van der Waals surface area contributed by atoms with Gasteiger partial charge in [-0.25, -0.2) is 4.79 Å². The summed E-state index contributed by atoms with van der Waals surface area (Å²) in [6.07, 6.45) is 0. The van der Waals surface area contributed by atoms with Gasteiger partial charge in [-0.05, 0) is 36.2 Å². The Hall–Kier alpha value is -2.21. The number of amides is 2. The standard InChI is InChI=1S/C17H17BrN2O3/c1-11(13-4-2-3-5-14(13)18)20-17(21)19-9-12-6-7-15-16(8-12)23-10-22-15/h2-8,11H,9-10H2,1H3,(H2,19,20,21). The molecule has 1 unspecified atom stereocenters. The van der Waals surface area contributed by atoms with Crippen LogP contribution in [0.4, 0.5) is 4.79 Å². The molecule has 3 rings (SSSR count). The van der Waals surface area contributed by atoms with Gasteiger partial charge in [0.15, 0.2) is 11.5 Å². The summed E-state index contributed by atoms with van der Waals surface area (Å²) in [6, 6.07) is 13.1. The summed E-state index contributed by atoms with van der Waals surface area (Å²) in [5.41, 5.74) is 1.99. The van der Waals surface area contributed by atoms with Crippen molar-refractivity contribution in [1.29, 1.82) is 0 Å². The van der Waals surface area contributed by atoms with Crippen LogP contribution < -0.4 is 20.1 Å². The topological polar surface area (TPSA) is 59.6 Å². The molecule has 1 heterocycles. The van der Waals surface area contributed by atoms with Crippen LogP contribution in [-0.4, -0.2) is 12.8 Å². The normalized spacial score (nSPS) is 13.5. The second kappa shape index (κ2) is 6.91. The van der Waals surface area contributed by atoms with Crippen LogP contribution in [-0.2, 0) is 6.54 Å². The zero-order valence-electron chi connectivity index (χ0n) is 12.6. The Balaban J connectivity index is 1.54. The lowest BCUT2D eigenvalue weighted by atomic mass is 10.1. The van der Waals surface area contributed by atoms with E-state index in [0.29, 0.717) is 12.3 Å². The minimum Gasteiger partial charge on any atom is -0.454 e. The van der Waals surface area contributed by atoms with Gasteiger partial charge >= 0.3 is 6.03 Å². The highest BCUT2D eigenvalue weighted by Gasteiger charge is 2.14. The minimum absolute atomic E-state index is 0.0951. The number of hydrogen-bond donors (Lipinski definition) is 2. The Morgan fingerprint density at radius 1 is 1.22 bits per heavy atom. The summed E-state index contributed by atoms with van der Waals surface area (Å²) in [7, 11) is 0. The van der Waals surface area contributed by atoms with Crippen molar-refractivity contribution in [3.05, 3.63) is 58.1 Å². The minimum atomic E-state index is -0.217. The number of carbonyl (C=O) groups excluding carboxylic acids is 1. The van der Waals surface area contributed by atoms with Crippen LogP contribution in [0.5, 0.6) is 11.5 Å². The average molecular weight is 377 g/mol. The number of rotatable bonds is 4. The Bertz CT molecular complexity index is 721. The fourth-order valence-corrected chi connectivity index (χ4v) is 3.01. The lowest BCUT2D eigenvalue weighted by Crippen LogP contribution is -2.36. The molecule has 0 radical (unpaired) electrons. The molecule has 0 saturated heterocycles. The summed E-state index contributed by atoms with van der Waals surface area (Å²) >= 11 is 3.49. The average Bonchev–Trinajstić information content (AvgIpc) is 3.01. The third-order valence-corrected chi connectivity index (χ3v) is 4.33. The van der Waals surface area contributed by atoms with Gasteiger partial charge in [-0.15, -0.1) is 0 Å². The Kier molecular flexibility index (Phi) is 4.71. The van der Waals surface area contributed by atoms with E-state index in [-0.39, 0.29) is 18.9 Å². The predicted molar refractivity (Wildman–Crippen MR) is 90.5 cm³/mol. The molecule has 2 amide bonds.